The summed E-state index contributed by atoms with van der Waals surface area (Å²) in [5, 5.41) is 1.64. The lowest BCUT2D eigenvalue weighted by molar-refractivity contribution is 0.333. The largest absolute Gasteiger partial charge is 0.397 e. The molecule has 1 unspecified atom stereocenters. The first-order valence-corrected chi connectivity index (χ1v) is 8.40. The van der Waals surface area contributed by atoms with Crippen LogP contribution in [-0.2, 0) is 0 Å². The van der Waals surface area contributed by atoms with Gasteiger partial charge in [-0.25, -0.2) is 10.8 Å². The van der Waals surface area contributed by atoms with E-state index in [1.165, 1.54) is 0 Å². The fraction of sp³-hybridized carbons (Fsp3) is 0.111. The highest BCUT2D eigenvalue weighted by Crippen LogP contribution is 2.32. The van der Waals surface area contributed by atoms with Crippen molar-refractivity contribution in [2.24, 2.45) is 11.6 Å². The van der Waals surface area contributed by atoms with E-state index in [0.29, 0.717) is 5.70 Å². The van der Waals surface area contributed by atoms with Gasteiger partial charge >= 0.3 is 0 Å². The minimum Gasteiger partial charge on any atom is -0.397 e. The topological polar surface area (TPSA) is 81.1 Å². The van der Waals surface area contributed by atoms with Crippen molar-refractivity contribution in [3.8, 4) is 0 Å². The van der Waals surface area contributed by atoms with Crippen LogP contribution >= 0.6 is 11.3 Å². The molecule has 0 aliphatic carbocycles. The Bertz CT molecular complexity index is 814. The molecule has 5 nitrogen and oxygen atoms in total. The van der Waals surface area contributed by atoms with Gasteiger partial charge in [0.1, 0.15) is 6.04 Å². The average Bonchev–Trinajstić information content (AvgIpc) is 3.02. The second-order valence-electron chi connectivity index (χ2n) is 5.39. The predicted octanol–water partition coefficient (Wildman–Crippen LogP) is 3.07. The smallest absolute Gasteiger partial charge is 0.106 e. The van der Waals surface area contributed by atoms with Crippen molar-refractivity contribution in [3.05, 3.63) is 88.3 Å². The quantitative estimate of drug-likeness (QED) is 0.552. The number of nitrogens with zero attached hydrogens (tertiary/aromatic N) is 3. The van der Waals surface area contributed by atoms with Crippen LogP contribution in [0.3, 0.4) is 0 Å². The third-order valence-electron chi connectivity index (χ3n) is 3.73. The molecule has 1 aromatic carbocycles. The molecule has 2 heterocycles. The Morgan fingerprint density at radius 1 is 1.21 bits per heavy atom. The average molecular weight is 337 g/mol. The number of hydrazine groups is 1. The number of thiazole rings is 1. The Labute approximate surface area is 145 Å². The molecule has 3 rings (SSSR count). The zero-order chi connectivity index (χ0) is 16.9. The van der Waals surface area contributed by atoms with Crippen molar-refractivity contribution in [2.75, 3.05) is 0 Å². The molecule has 3 aromatic rings. The maximum absolute atomic E-state index is 6.38. The SMILES string of the molecule is Cc1ncsc1C(c1ccccc1)N(N)/C=C(\N)c1cccnc1. The molecule has 0 spiro atoms. The molecule has 122 valence electrons. The van der Waals surface area contributed by atoms with E-state index in [1.54, 1.807) is 34.9 Å². The Balaban J connectivity index is 1.98. The van der Waals surface area contributed by atoms with E-state index in [1.807, 2.05) is 42.8 Å². The van der Waals surface area contributed by atoms with Gasteiger partial charge in [0.05, 0.1) is 21.8 Å². The number of benzene rings is 1. The molecule has 0 saturated heterocycles. The molecule has 0 saturated carbocycles. The maximum atomic E-state index is 6.38. The summed E-state index contributed by atoms with van der Waals surface area (Å²) < 4.78 is 0. The van der Waals surface area contributed by atoms with Gasteiger partial charge in [-0.3, -0.25) is 4.98 Å². The van der Waals surface area contributed by atoms with Gasteiger partial charge in [0.15, 0.2) is 0 Å². The summed E-state index contributed by atoms with van der Waals surface area (Å²) in [5.41, 5.74) is 11.5. The van der Waals surface area contributed by atoms with Crippen LogP contribution in [0.25, 0.3) is 5.70 Å². The molecule has 2 aromatic heterocycles. The highest BCUT2D eigenvalue weighted by molar-refractivity contribution is 7.09. The monoisotopic (exact) mass is 337 g/mol. The van der Waals surface area contributed by atoms with E-state index in [9.17, 15) is 0 Å². The lowest BCUT2D eigenvalue weighted by Gasteiger charge is -2.27. The van der Waals surface area contributed by atoms with E-state index >= 15 is 0 Å². The highest BCUT2D eigenvalue weighted by atomic mass is 32.1. The first kappa shape index (κ1) is 16.2. The summed E-state index contributed by atoms with van der Waals surface area (Å²) in [6.45, 7) is 1.99. The van der Waals surface area contributed by atoms with Gasteiger partial charge in [0.25, 0.3) is 0 Å². The fourth-order valence-corrected chi connectivity index (χ4v) is 3.45. The molecule has 1 atom stereocenters. The molecule has 0 aliphatic heterocycles. The molecule has 0 bridgehead atoms. The Hall–Kier alpha value is -2.70. The number of hydrogen-bond donors (Lipinski definition) is 2. The fourth-order valence-electron chi connectivity index (χ4n) is 2.51. The number of aryl methyl sites for hydroxylation is 1. The molecule has 0 fully saturated rings. The summed E-state index contributed by atoms with van der Waals surface area (Å²) in [6, 6.07) is 13.7. The van der Waals surface area contributed by atoms with Crippen molar-refractivity contribution in [3.63, 3.8) is 0 Å². The molecule has 6 heteroatoms. The summed E-state index contributed by atoms with van der Waals surface area (Å²) in [7, 11) is 0. The van der Waals surface area contributed by atoms with E-state index < -0.39 is 0 Å². The van der Waals surface area contributed by atoms with Crippen molar-refractivity contribution in [1.82, 2.24) is 15.0 Å². The number of aromatic nitrogens is 2. The molecule has 24 heavy (non-hydrogen) atoms. The molecule has 0 amide bonds. The van der Waals surface area contributed by atoms with Crippen molar-refractivity contribution in [1.29, 1.82) is 0 Å². The van der Waals surface area contributed by atoms with Crippen molar-refractivity contribution in [2.45, 2.75) is 13.0 Å². The van der Waals surface area contributed by atoms with Gasteiger partial charge in [0.2, 0.25) is 0 Å². The van der Waals surface area contributed by atoms with Crippen molar-refractivity contribution >= 4 is 17.0 Å². The Kier molecular flexibility index (Phi) is 4.88. The first-order valence-electron chi connectivity index (χ1n) is 7.52. The first-order chi connectivity index (χ1) is 11.7. The van der Waals surface area contributed by atoms with Crippen LogP contribution in [0.2, 0.25) is 0 Å². The van der Waals surface area contributed by atoms with Gasteiger partial charge in [-0.15, -0.1) is 11.3 Å². The molecule has 0 aliphatic rings. The highest BCUT2D eigenvalue weighted by Gasteiger charge is 2.22. The van der Waals surface area contributed by atoms with Crippen LogP contribution < -0.4 is 11.6 Å². The zero-order valence-electron chi connectivity index (χ0n) is 13.3. The third-order valence-corrected chi connectivity index (χ3v) is 4.71. The second kappa shape index (κ2) is 7.25. The number of nitrogens with two attached hydrogens (primary N) is 2. The summed E-state index contributed by atoms with van der Waals surface area (Å²) in [6.07, 6.45) is 5.17. The Morgan fingerprint density at radius 2 is 2.00 bits per heavy atom. The minimum atomic E-state index is -0.145. The van der Waals surface area contributed by atoms with Crippen LogP contribution in [0.4, 0.5) is 0 Å². The van der Waals surface area contributed by atoms with Crippen LogP contribution in [0.15, 0.2) is 66.6 Å². The minimum absolute atomic E-state index is 0.145. The number of pyridine rings is 1. The Morgan fingerprint density at radius 3 is 2.62 bits per heavy atom. The standard InChI is InChI=1S/C18H19N5S/c1-13-18(24-12-22-13)17(14-6-3-2-4-7-14)23(20)11-16(19)15-8-5-9-21-10-15/h2-12,17H,19-20H2,1H3/b16-11-. The predicted molar refractivity (Wildman–Crippen MR) is 97.6 cm³/mol. The normalized spacial score (nSPS) is 12.8. The van der Waals surface area contributed by atoms with Crippen LogP contribution in [-0.4, -0.2) is 15.0 Å². The zero-order valence-corrected chi connectivity index (χ0v) is 14.1. The molecular weight excluding hydrogens is 318 g/mol. The van der Waals surface area contributed by atoms with E-state index in [4.69, 9.17) is 11.6 Å². The third kappa shape index (κ3) is 3.45. The number of rotatable bonds is 5. The van der Waals surface area contributed by atoms with Crippen molar-refractivity contribution < 1.29 is 0 Å². The second-order valence-corrected chi connectivity index (χ2v) is 6.27. The van der Waals surface area contributed by atoms with Crippen LogP contribution in [0, 0.1) is 6.92 Å². The van der Waals surface area contributed by atoms with Gasteiger partial charge in [-0.1, -0.05) is 30.3 Å². The summed E-state index contributed by atoms with van der Waals surface area (Å²) in [4.78, 5) is 9.55. The van der Waals surface area contributed by atoms with Gasteiger partial charge in [0, 0.05) is 24.2 Å². The molecular formula is C18H19N5S. The lowest BCUT2D eigenvalue weighted by atomic mass is 10.0. The van der Waals surface area contributed by atoms with E-state index in [-0.39, 0.29) is 6.04 Å². The maximum Gasteiger partial charge on any atom is 0.106 e. The summed E-state index contributed by atoms with van der Waals surface area (Å²) >= 11 is 1.59. The van der Waals surface area contributed by atoms with Gasteiger partial charge in [-0.05, 0) is 24.6 Å². The molecule has 4 N–H and O–H groups in total. The summed E-state index contributed by atoms with van der Waals surface area (Å²) in [5.74, 6) is 6.38. The van der Waals surface area contributed by atoms with E-state index in [2.05, 4.69) is 22.1 Å². The molecule has 0 radical (unpaired) electrons. The van der Waals surface area contributed by atoms with Crippen LogP contribution in [0.5, 0.6) is 0 Å². The van der Waals surface area contributed by atoms with Gasteiger partial charge in [-0.2, -0.15) is 0 Å². The number of hydrogen-bond acceptors (Lipinski definition) is 6. The lowest BCUT2D eigenvalue weighted by Crippen LogP contribution is -2.32. The van der Waals surface area contributed by atoms with E-state index in [0.717, 1.165) is 21.7 Å². The van der Waals surface area contributed by atoms with Gasteiger partial charge < -0.3 is 10.7 Å². The van der Waals surface area contributed by atoms with Crippen LogP contribution in [0.1, 0.15) is 27.7 Å².